The zero-order valence-corrected chi connectivity index (χ0v) is 15.4. The lowest BCUT2D eigenvalue weighted by Gasteiger charge is -2.36. The lowest BCUT2D eigenvalue weighted by Crippen LogP contribution is -2.53. The summed E-state index contributed by atoms with van der Waals surface area (Å²) in [5.41, 5.74) is -0.0663. The molecule has 4 rings (SSSR count). The number of nitrogens with zero attached hydrogens (tertiary/aromatic N) is 5. The molecule has 0 N–H and O–H groups in total. The SMILES string of the molecule is CN(C(=O)C1(C(=O)N2CCN(c3ncccn3)CC2)CC1)c1ccccc1. The van der Waals surface area contributed by atoms with Crippen LogP contribution in [0.1, 0.15) is 12.8 Å². The van der Waals surface area contributed by atoms with Crippen molar-refractivity contribution < 1.29 is 9.59 Å². The van der Waals surface area contributed by atoms with Crippen LogP contribution in [0.3, 0.4) is 0 Å². The van der Waals surface area contributed by atoms with Gasteiger partial charge in [0.05, 0.1) is 0 Å². The Hall–Kier alpha value is -2.96. The highest BCUT2D eigenvalue weighted by Crippen LogP contribution is 2.49. The highest BCUT2D eigenvalue weighted by atomic mass is 16.2. The first kappa shape index (κ1) is 17.5. The van der Waals surface area contributed by atoms with Gasteiger partial charge in [-0.15, -0.1) is 0 Å². The molecule has 1 saturated heterocycles. The van der Waals surface area contributed by atoms with Gasteiger partial charge in [-0.05, 0) is 31.0 Å². The number of piperazine rings is 1. The molecule has 0 spiro atoms. The van der Waals surface area contributed by atoms with Crippen molar-refractivity contribution in [2.75, 3.05) is 43.0 Å². The lowest BCUT2D eigenvalue weighted by atomic mass is 10.0. The summed E-state index contributed by atoms with van der Waals surface area (Å²) in [6.45, 7) is 2.52. The monoisotopic (exact) mass is 365 g/mol. The predicted molar refractivity (Wildman–Crippen MR) is 102 cm³/mol. The van der Waals surface area contributed by atoms with Crippen LogP contribution in [0.2, 0.25) is 0 Å². The zero-order valence-electron chi connectivity index (χ0n) is 15.4. The van der Waals surface area contributed by atoms with Crippen molar-refractivity contribution in [1.82, 2.24) is 14.9 Å². The van der Waals surface area contributed by atoms with Gasteiger partial charge in [0, 0.05) is 51.3 Å². The largest absolute Gasteiger partial charge is 0.338 e. The van der Waals surface area contributed by atoms with E-state index in [0.29, 0.717) is 45.0 Å². The normalized spacial score (nSPS) is 18.1. The molecule has 0 bridgehead atoms. The van der Waals surface area contributed by atoms with E-state index >= 15 is 0 Å². The molecular formula is C20H23N5O2. The number of amides is 2. The second-order valence-corrected chi connectivity index (χ2v) is 7.11. The Morgan fingerprint density at radius 1 is 0.963 bits per heavy atom. The van der Waals surface area contributed by atoms with Gasteiger partial charge in [-0.3, -0.25) is 9.59 Å². The molecule has 1 aromatic carbocycles. The van der Waals surface area contributed by atoms with E-state index < -0.39 is 5.41 Å². The van der Waals surface area contributed by atoms with E-state index in [-0.39, 0.29) is 11.8 Å². The Balaban J connectivity index is 1.42. The molecule has 2 amide bonds. The Morgan fingerprint density at radius 3 is 2.19 bits per heavy atom. The first-order chi connectivity index (χ1) is 13.1. The third kappa shape index (κ3) is 3.25. The minimum atomic E-state index is -0.879. The quantitative estimate of drug-likeness (QED) is 0.769. The molecule has 0 radical (unpaired) electrons. The minimum absolute atomic E-state index is 0.0380. The predicted octanol–water partition coefficient (Wildman–Crippen LogP) is 1.57. The number of benzene rings is 1. The molecule has 1 aliphatic heterocycles. The van der Waals surface area contributed by atoms with Gasteiger partial charge in [-0.2, -0.15) is 0 Å². The highest BCUT2D eigenvalue weighted by Gasteiger charge is 2.59. The van der Waals surface area contributed by atoms with Gasteiger partial charge in [0.1, 0.15) is 5.41 Å². The van der Waals surface area contributed by atoms with Crippen molar-refractivity contribution >= 4 is 23.5 Å². The Labute approximate surface area is 158 Å². The summed E-state index contributed by atoms with van der Waals surface area (Å²) in [7, 11) is 1.75. The van der Waals surface area contributed by atoms with Crippen LogP contribution in [0, 0.1) is 5.41 Å². The van der Waals surface area contributed by atoms with Crippen molar-refractivity contribution in [2.45, 2.75) is 12.8 Å². The molecule has 1 aliphatic carbocycles. The molecule has 140 valence electrons. The molecule has 0 atom stereocenters. The van der Waals surface area contributed by atoms with E-state index in [0.717, 1.165) is 5.69 Å². The van der Waals surface area contributed by atoms with Gasteiger partial charge >= 0.3 is 0 Å². The molecule has 1 saturated carbocycles. The summed E-state index contributed by atoms with van der Waals surface area (Å²) in [6, 6.07) is 11.3. The van der Waals surface area contributed by atoms with Crippen LogP contribution in [0.15, 0.2) is 48.8 Å². The first-order valence-corrected chi connectivity index (χ1v) is 9.26. The Kier molecular flexibility index (Phi) is 4.51. The fourth-order valence-corrected chi connectivity index (χ4v) is 3.60. The number of hydrogen-bond acceptors (Lipinski definition) is 5. The van der Waals surface area contributed by atoms with Crippen molar-refractivity contribution in [2.24, 2.45) is 5.41 Å². The third-order valence-electron chi connectivity index (χ3n) is 5.42. The van der Waals surface area contributed by atoms with E-state index in [9.17, 15) is 9.59 Å². The Bertz CT molecular complexity index is 815. The summed E-state index contributed by atoms with van der Waals surface area (Å²) in [6.07, 6.45) is 4.70. The molecule has 27 heavy (non-hydrogen) atoms. The molecule has 2 fully saturated rings. The maximum Gasteiger partial charge on any atom is 0.242 e. The number of carbonyl (C=O) groups is 2. The van der Waals surface area contributed by atoms with Crippen molar-refractivity contribution in [1.29, 1.82) is 0 Å². The number of rotatable bonds is 4. The maximum atomic E-state index is 13.1. The topological polar surface area (TPSA) is 69.6 Å². The van der Waals surface area contributed by atoms with E-state index in [1.165, 1.54) is 0 Å². The fourth-order valence-electron chi connectivity index (χ4n) is 3.60. The van der Waals surface area contributed by atoms with E-state index in [1.54, 1.807) is 30.4 Å². The van der Waals surface area contributed by atoms with E-state index in [4.69, 9.17) is 0 Å². The van der Waals surface area contributed by atoms with Gasteiger partial charge in [0.15, 0.2) is 0 Å². The van der Waals surface area contributed by atoms with Gasteiger partial charge in [-0.1, -0.05) is 18.2 Å². The van der Waals surface area contributed by atoms with Gasteiger partial charge in [-0.25, -0.2) is 9.97 Å². The molecular weight excluding hydrogens is 342 g/mol. The second kappa shape index (κ2) is 6.98. The summed E-state index contributed by atoms with van der Waals surface area (Å²) in [4.78, 5) is 40.2. The second-order valence-electron chi connectivity index (χ2n) is 7.11. The molecule has 0 unspecified atom stereocenters. The summed E-state index contributed by atoms with van der Waals surface area (Å²) >= 11 is 0. The Morgan fingerprint density at radius 2 is 1.59 bits per heavy atom. The van der Waals surface area contributed by atoms with Crippen LogP contribution < -0.4 is 9.80 Å². The summed E-state index contributed by atoms with van der Waals surface area (Å²) < 4.78 is 0. The number of aromatic nitrogens is 2. The van der Waals surface area contributed by atoms with Crippen molar-refractivity contribution in [3.63, 3.8) is 0 Å². The van der Waals surface area contributed by atoms with Crippen LogP contribution in [0.25, 0.3) is 0 Å². The summed E-state index contributed by atoms with van der Waals surface area (Å²) in [5.74, 6) is 0.544. The van der Waals surface area contributed by atoms with Crippen LogP contribution in [0.5, 0.6) is 0 Å². The van der Waals surface area contributed by atoms with Crippen LogP contribution in [-0.2, 0) is 9.59 Å². The minimum Gasteiger partial charge on any atom is -0.338 e. The van der Waals surface area contributed by atoms with Gasteiger partial charge in [0.25, 0.3) is 0 Å². The van der Waals surface area contributed by atoms with Crippen molar-refractivity contribution in [3.8, 4) is 0 Å². The van der Waals surface area contributed by atoms with E-state index in [2.05, 4.69) is 14.9 Å². The molecule has 2 heterocycles. The van der Waals surface area contributed by atoms with Crippen molar-refractivity contribution in [3.05, 3.63) is 48.8 Å². The number of hydrogen-bond donors (Lipinski definition) is 0. The van der Waals surface area contributed by atoms with Crippen LogP contribution in [-0.4, -0.2) is 59.9 Å². The number of anilines is 2. The third-order valence-corrected chi connectivity index (χ3v) is 5.42. The smallest absolute Gasteiger partial charge is 0.242 e. The van der Waals surface area contributed by atoms with E-state index in [1.807, 2.05) is 35.2 Å². The zero-order chi connectivity index (χ0) is 18.9. The average molecular weight is 365 g/mol. The average Bonchev–Trinajstić information content (AvgIpc) is 3.55. The molecule has 2 aromatic rings. The van der Waals surface area contributed by atoms with Crippen LogP contribution >= 0.6 is 0 Å². The molecule has 7 nitrogen and oxygen atoms in total. The first-order valence-electron chi connectivity index (χ1n) is 9.26. The van der Waals surface area contributed by atoms with Gasteiger partial charge in [0.2, 0.25) is 17.8 Å². The summed E-state index contributed by atoms with van der Waals surface area (Å²) in [5, 5.41) is 0. The maximum absolute atomic E-state index is 13.1. The number of para-hydroxylation sites is 1. The van der Waals surface area contributed by atoms with Crippen LogP contribution in [0.4, 0.5) is 11.6 Å². The molecule has 2 aliphatic rings. The van der Waals surface area contributed by atoms with Gasteiger partial charge < -0.3 is 14.7 Å². The fraction of sp³-hybridized carbons (Fsp3) is 0.400. The highest BCUT2D eigenvalue weighted by molar-refractivity contribution is 6.13. The number of carbonyl (C=O) groups excluding carboxylic acids is 2. The molecule has 7 heteroatoms. The standard InChI is InChI=1S/C20H23N5O2/c1-23(16-6-3-2-4-7-16)17(26)20(8-9-20)18(27)24-12-14-25(15-13-24)19-21-10-5-11-22-19/h2-7,10-11H,8-9,12-15H2,1H3. The molecule has 1 aromatic heterocycles. The lowest BCUT2D eigenvalue weighted by molar-refractivity contribution is -0.143.